The molecular formula is C16H30IN5. The lowest BCUT2D eigenvalue weighted by Gasteiger charge is -2.23. The van der Waals surface area contributed by atoms with E-state index in [-0.39, 0.29) is 24.0 Å². The van der Waals surface area contributed by atoms with Crippen LogP contribution < -0.4 is 5.32 Å². The summed E-state index contributed by atoms with van der Waals surface area (Å²) in [7, 11) is 0. The molecule has 2 rings (SSSR count). The lowest BCUT2D eigenvalue weighted by Crippen LogP contribution is -2.40. The molecule has 126 valence electrons. The van der Waals surface area contributed by atoms with E-state index in [1.807, 2.05) is 6.20 Å². The zero-order chi connectivity index (χ0) is 15.3. The van der Waals surface area contributed by atoms with Crippen LogP contribution >= 0.6 is 24.0 Å². The Morgan fingerprint density at radius 1 is 1.50 bits per heavy atom. The molecule has 0 amide bonds. The van der Waals surface area contributed by atoms with Crippen LogP contribution in [0.5, 0.6) is 0 Å². The summed E-state index contributed by atoms with van der Waals surface area (Å²) < 4.78 is 0. The highest BCUT2D eigenvalue weighted by atomic mass is 127. The van der Waals surface area contributed by atoms with Crippen LogP contribution in [-0.4, -0.2) is 47.2 Å². The van der Waals surface area contributed by atoms with E-state index in [0.717, 1.165) is 45.0 Å². The number of likely N-dealkylation sites (tertiary alicyclic amines) is 1. The smallest absolute Gasteiger partial charge is 0.193 e. The Morgan fingerprint density at radius 2 is 2.27 bits per heavy atom. The van der Waals surface area contributed by atoms with Gasteiger partial charge in [-0.05, 0) is 44.1 Å². The van der Waals surface area contributed by atoms with Gasteiger partial charge in [0.15, 0.2) is 5.96 Å². The first-order valence-electron chi connectivity index (χ1n) is 8.04. The van der Waals surface area contributed by atoms with E-state index in [9.17, 15) is 0 Å². The molecule has 1 aliphatic heterocycles. The van der Waals surface area contributed by atoms with E-state index >= 15 is 0 Å². The van der Waals surface area contributed by atoms with Gasteiger partial charge in [0.25, 0.3) is 0 Å². The van der Waals surface area contributed by atoms with Crippen molar-refractivity contribution in [2.45, 2.75) is 47.0 Å². The molecule has 0 unspecified atom stereocenters. The average molecular weight is 419 g/mol. The molecule has 1 aromatic rings. The second-order valence-electron chi connectivity index (χ2n) is 6.70. The van der Waals surface area contributed by atoms with Crippen LogP contribution in [0.2, 0.25) is 0 Å². The van der Waals surface area contributed by atoms with Gasteiger partial charge in [-0.1, -0.05) is 13.8 Å². The van der Waals surface area contributed by atoms with Crippen molar-refractivity contribution in [2.75, 3.05) is 26.2 Å². The fourth-order valence-electron chi connectivity index (χ4n) is 2.80. The number of aliphatic imine (C=N–C) groups is 1. The number of hydrogen-bond donors (Lipinski definition) is 2. The molecule has 0 radical (unpaired) electrons. The maximum atomic E-state index is 4.79. The summed E-state index contributed by atoms with van der Waals surface area (Å²) in [6.45, 7) is 12.9. The Morgan fingerprint density at radius 3 is 2.82 bits per heavy atom. The Kier molecular flexibility index (Phi) is 7.65. The first-order valence-corrected chi connectivity index (χ1v) is 8.04. The van der Waals surface area contributed by atoms with Gasteiger partial charge in [-0.15, -0.1) is 24.0 Å². The van der Waals surface area contributed by atoms with Gasteiger partial charge in [-0.3, -0.25) is 10.1 Å². The fourth-order valence-corrected chi connectivity index (χ4v) is 2.80. The monoisotopic (exact) mass is 419 g/mol. The number of rotatable bonds is 5. The minimum Gasteiger partial charge on any atom is -0.357 e. The van der Waals surface area contributed by atoms with Crippen molar-refractivity contribution in [3.63, 3.8) is 0 Å². The highest BCUT2D eigenvalue weighted by Crippen LogP contribution is 2.28. The summed E-state index contributed by atoms with van der Waals surface area (Å²) in [5, 5.41) is 10.5. The number of guanidine groups is 1. The van der Waals surface area contributed by atoms with Crippen LogP contribution in [0.25, 0.3) is 0 Å². The Hall–Kier alpha value is -0.790. The molecule has 0 aliphatic carbocycles. The third kappa shape index (κ3) is 5.44. The third-order valence-corrected chi connectivity index (χ3v) is 4.11. The molecule has 22 heavy (non-hydrogen) atoms. The maximum absolute atomic E-state index is 4.79. The number of hydrogen-bond acceptors (Lipinski definition) is 2. The molecule has 2 N–H and O–H groups in total. The minimum atomic E-state index is 0. The Balaban J connectivity index is 0.00000242. The van der Waals surface area contributed by atoms with Gasteiger partial charge in [-0.2, -0.15) is 5.10 Å². The summed E-state index contributed by atoms with van der Waals surface area (Å²) in [6.07, 6.45) is 5.27. The van der Waals surface area contributed by atoms with Gasteiger partial charge in [0.2, 0.25) is 0 Å². The van der Waals surface area contributed by atoms with Crippen molar-refractivity contribution in [1.29, 1.82) is 0 Å². The predicted octanol–water partition coefficient (Wildman–Crippen LogP) is 2.97. The molecule has 0 atom stereocenters. The van der Waals surface area contributed by atoms with Crippen molar-refractivity contribution >= 4 is 29.9 Å². The van der Waals surface area contributed by atoms with Crippen LogP contribution in [0, 0.1) is 12.3 Å². The van der Waals surface area contributed by atoms with Crippen LogP contribution in [0.1, 0.15) is 44.9 Å². The van der Waals surface area contributed by atoms with Gasteiger partial charge < -0.3 is 10.2 Å². The minimum absolute atomic E-state index is 0. The highest BCUT2D eigenvalue weighted by Gasteiger charge is 2.30. The zero-order valence-corrected chi connectivity index (χ0v) is 16.6. The highest BCUT2D eigenvalue weighted by molar-refractivity contribution is 14.0. The second-order valence-corrected chi connectivity index (χ2v) is 6.70. The van der Waals surface area contributed by atoms with Crippen molar-refractivity contribution in [3.8, 4) is 0 Å². The molecule has 2 heterocycles. The lowest BCUT2D eigenvalue weighted by atomic mass is 9.93. The Bertz CT molecular complexity index is 481. The SMILES string of the molecule is CCNC(=NCCCc1cn[nH]c1C)N1CCC(C)(C)C1.I. The zero-order valence-electron chi connectivity index (χ0n) is 14.3. The number of nitrogens with one attached hydrogen (secondary N) is 2. The fraction of sp³-hybridized carbons (Fsp3) is 0.750. The van der Waals surface area contributed by atoms with Gasteiger partial charge in [0.05, 0.1) is 6.20 Å². The molecule has 5 nitrogen and oxygen atoms in total. The van der Waals surface area contributed by atoms with Gasteiger partial charge in [-0.25, -0.2) is 0 Å². The van der Waals surface area contributed by atoms with E-state index in [1.54, 1.807) is 0 Å². The average Bonchev–Trinajstić information content (AvgIpc) is 2.99. The molecule has 1 saturated heterocycles. The van der Waals surface area contributed by atoms with E-state index in [1.165, 1.54) is 17.7 Å². The maximum Gasteiger partial charge on any atom is 0.193 e. The van der Waals surface area contributed by atoms with Crippen LogP contribution in [-0.2, 0) is 6.42 Å². The molecule has 6 heteroatoms. The summed E-state index contributed by atoms with van der Waals surface area (Å²) >= 11 is 0. The number of H-pyrrole nitrogens is 1. The molecule has 0 bridgehead atoms. The molecule has 1 aromatic heterocycles. The number of halogens is 1. The largest absolute Gasteiger partial charge is 0.357 e. The molecule has 0 aromatic carbocycles. The van der Waals surface area contributed by atoms with Crippen molar-refractivity contribution in [2.24, 2.45) is 10.4 Å². The first-order chi connectivity index (χ1) is 10.0. The summed E-state index contributed by atoms with van der Waals surface area (Å²) in [6, 6.07) is 0. The quantitative estimate of drug-likeness (QED) is 0.334. The van der Waals surface area contributed by atoms with Crippen LogP contribution in [0.3, 0.4) is 0 Å². The van der Waals surface area contributed by atoms with Crippen LogP contribution in [0.15, 0.2) is 11.2 Å². The van der Waals surface area contributed by atoms with E-state index in [2.05, 4.69) is 48.1 Å². The Labute approximate surface area is 151 Å². The van der Waals surface area contributed by atoms with Crippen molar-refractivity contribution in [3.05, 3.63) is 17.5 Å². The standard InChI is InChI=1S/C16H29N5.HI/c1-5-17-15(21-10-8-16(3,4)12-21)18-9-6-7-14-11-19-20-13(14)2;/h11H,5-10,12H2,1-4H3,(H,17,18)(H,19,20);1H. The first kappa shape index (κ1) is 19.3. The topological polar surface area (TPSA) is 56.3 Å². The van der Waals surface area contributed by atoms with E-state index in [0.29, 0.717) is 5.41 Å². The van der Waals surface area contributed by atoms with Crippen LogP contribution in [0.4, 0.5) is 0 Å². The second kappa shape index (κ2) is 8.74. The van der Waals surface area contributed by atoms with E-state index in [4.69, 9.17) is 4.99 Å². The normalized spacial score (nSPS) is 17.5. The number of aromatic nitrogens is 2. The number of nitrogens with zero attached hydrogens (tertiary/aromatic N) is 3. The predicted molar refractivity (Wildman–Crippen MR) is 103 cm³/mol. The molecule has 0 saturated carbocycles. The molecular weight excluding hydrogens is 389 g/mol. The summed E-state index contributed by atoms with van der Waals surface area (Å²) in [5.41, 5.74) is 2.88. The molecule has 1 aliphatic rings. The molecule has 0 spiro atoms. The van der Waals surface area contributed by atoms with Gasteiger partial charge in [0.1, 0.15) is 0 Å². The third-order valence-electron chi connectivity index (χ3n) is 4.11. The lowest BCUT2D eigenvalue weighted by molar-refractivity contribution is 0.370. The molecule has 1 fully saturated rings. The van der Waals surface area contributed by atoms with Gasteiger partial charge >= 0.3 is 0 Å². The van der Waals surface area contributed by atoms with E-state index < -0.39 is 0 Å². The number of aryl methyl sites for hydroxylation is 2. The summed E-state index contributed by atoms with van der Waals surface area (Å²) in [5.74, 6) is 1.08. The van der Waals surface area contributed by atoms with Crippen molar-refractivity contribution in [1.82, 2.24) is 20.4 Å². The van der Waals surface area contributed by atoms with Gasteiger partial charge in [0, 0.05) is 31.9 Å². The summed E-state index contributed by atoms with van der Waals surface area (Å²) in [4.78, 5) is 7.19. The number of aromatic amines is 1. The van der Waals surface area contributed by atoms with Crippen molar-refractivity contribution < 1.29 is 0 Å².